The van der Waals surface area contributed by atoms with Crippen molar-refractivity contribution in [1.29, 1.82) is 0 Å². The normalized spacial score (nSPS) is 15.2. The molecule has 1 aliphatic heterocycles. The molecule has 0 saturated carbocycles. The summed E-state index contributed by atoms with van der Waals surface area (Å²) in [5, 5.41) is 3.84. The first kappa shape index (κ1) is 22.3. The highest BCUT2D eigenvalue weighted by molar-refractivity contribution is 6.33. The maximum atomic E-state index is 12.9. The van der Waals surface area contributed by atoms with Crippen molar-refractivity contribution < 1.29 is 26.8 Å². The average Bonchev–Trinajstić information content (AvgIpc) is 3.21. The van der Waals surface area contributed by atoms with Gasteiger partial charge in [0.1, 0.15) is 17.4 Å². The van der Waals surface area contributed by atoms with Crippen LogP contribution >= 0.6 is 11.6 Å². The van der Waals surface area contributed by atoms with Crippen LogP contribution in [0.15, 0.2) is 41.1 Å². The van der Waals surface area contributed by atoms with Crippen LogP contribution in [0.3, 0.4) is 0 Å². The van der Waals surface area contributed by atoms with E-state index in [0.717, 1.165) is 12.3 Å². The zero-order chi connectivity index (χ0) is 22.7. The average molecular weight is 472 g/mol. The van der Waals surface area contributed by atoms with E-state index in [0.29, 0.717) is 56.0 Å². The Morgan fingerprint density at radius 2 is 1.81 bits per heavy atom. The molecule has 4 rings (SSSR count). The number of halogens is 5. The summed E-state index contributed by atoms with van der Waals surface area (Å²) in [6.07, 6.45) is -3.69. The number of pyridine rings is 1. The van der Waals surface area contributed by atoms with E-state index >= 15 is 0 Å². The van der Waals surface area contributed by atoms with Gasteiger partial charge in [-0.15, -0.1) is 0 Å². The van der Waals surface area contributed by atoms with Crippen LogP contribution in [0.2, 0.25) is 5.02 Å². The Hall–Kier alpha value is -2.92. The molecule has 1 saturated heterocycles. The second-order valence-electron chi connectivity index (χ2n) is 7.14. The topological polar surface area (TPSA) is 67.5 Å². The first-order valence-corrected chi connectivity index (χ1v) is 10.1. The maximum Gasteiger partial charge on any atom is 0.417 e. The lowest BCUT2D eigenvalue weighted by Crippen LogP contribution is -2.46. The number of ether oxygens (including phenoxy) is 1. The van der Waals surface area contributed by atoms with Gasteiger partial charge in [0.2, 0.25) is 11.7 Å². The van der Waals surface area contributed by atoms with Crippen molar-refractivity contribution in [2.24, 2.45) is 0 Å². The summed E-state index contributed by atoms with van der Waals surface area (Å²) < 4.78 is 62.0. The van der Waals surface area contributed by atoms with Crippen LogP contribution in [0.1, 0.15) is 17.3 Å². The molecule has 3 aromatic rings. The number of aromatic nitrogens is 3. The number of hydrogen-bond acceptors (Lipinski definition) is 7. The third kappa shape index (κ3) is 5.46. The molecule has 0 spiro atoms. The maximum absolute atomic E-state index is 12.9. The number of piperazine rings is 1. The van der Waals surface area contributed by atoms with Crippen molar-refractivity contribution in [3.05, 3.63) is 64.6 Å². The van der Waals surface area contributed by atoms with E-state index < -0.39 is 11.7 Å². The van der Waals surface area contributed by atoms with E-state index in [2.05, 4.69) is 20.0 Å². The number of alkyl halides is 3. The summed E-state index contributed by atoms with van der Waals surface area (Å²) >= 11 is 6.04. The molecule has 7 nitrogen and oxygen atoms in total. The largest absolute Gasteiger partial charge is 0.485 e. The standard InChI is InChI=1S/C20H18ClF4N5O2/c21-16-9-13(20(23,24)25)10-26-19(16)30-7-5-29(6-8-30)11-18-27-17(28-32-18)12-31-15-3-1-14(22)2-4-15/h1-4,9-10H,5-8,11-12H2. The van der Waals surface area contributed by atoms with Crippen molar-refractivity contribution in [2.75, 3.05) is 31.1 Å². The Labute approximate surface area is 185 Å². The minimum absolute atomic E-state index is 0.0315. The zero-order valence-electron chi connectivity index (χ0n) is 16.6. The van der Waals surface area contributed by atoms with Crippen LogP contribution in [0.5, 0.6) is 5.75 Å². The van der Waals surface area contributed by atoms with Gasteiger partial charge in [-0.05, 0) is 30.3 Å². The van der Waals surface area contributed by atoms with Crippen molar-refractivity contribution >= 4 is 17.4 Å². The monoisotopic (exact) mass is 471 g/mol. The van der Waals surface area contributed by atoms with Crippen LogP contribution < -0.4 is 9.64 Å². The molecule has 0 atom stereocenters. The van der Waals surface area contributed by atoms with E-state index in [4.69, 9.17) is 20.9 Å². The van der Waals surface area contributed by atoms with Gasteiger partial charge in [0, 0.05) is 32.4 Å². The molecule has 170 valence electrons. The molecule has 1 aromatic carbocycles. The van der Waals surface area contributed by atoms with E-state index in [-0.39, 0.29) is 17.4 Å². The molecule has 2 aromatic heterocycles. The third-order valence-electron chi connectivity index (χ3n) is 4.87. The van der Waals surface area contributed by atoms with E-state index in [1.165, 1.54) is 24.3 Å². The number of hydrogen-bond donors (Lipinski definition) is 0. The third-order valence-corrected chi connectivity index (χ3v) is 5.15. The highest BCUT2D eigenvalue weighted by Crippen LogP contribution is 2.33. The molecule has 0 N–H and O–H groups in total. The molecular weight excluding hydrogens is 454 g/mol. The fraction of sp³-hybridized carbons (Fsp3) is 0.350. The van der Waals surface area contributed by atoms with Gasteiger partial charge in [0.15, 0.2) is 6.61 Å². The van der Waals surface area contributed by atoms with E-state index in [9.17, 15) is 17.6 Å². The van der Waals surface area contributed by atoms with Gasteiger partial charge in [0.25, 0.3) is 0 Å². The molecule has 0 unspecified atom stereocenters. The first-order chi connectivity index (χ1) is 15.3. The minimum atomic E-state index is -4.49. The van der Waals surface area contributed by atoms with Crippen LogP contribution in [0.25, 0.3) is 0 Å². The van der Waals surface area contributed by atoms with Gasteiger partial charge in [-0.25, -0.2) is 9.37 Å². The SMILES string of the molecule is Fc1ccc(OCc2noc(CN3CCN(c4ncc(C(F)(F)F)cc4Cl)CC3)n2)cc1. The van der Waals surface area contributed by atoms with Crippen LogP contribution in [0, 0.1) is 5.82 Å². The van der Waals surface area contributed by atoms with Gasteiger partial charge in [-0.2, -0.15) is 18.2 Å². The van der Waals surface area contributed by atoms with Gasteiger partial charge < -0.3 is 14.2 Å². The van der Waals surface area contributed by atoms with E-state index in [1.54, 1.807) is 0 Å². The van der Waals surface area contributed by atoms with Gasteiger partial charge >= 0.3 is 6.18 Å². The highest BCUT2D eigenvalue weighted by atomic mass is 35.5. The summed E-state index contributed by atoms with van der Waals surface area (Å²) in [4.78, 5) is 12.1. The van der Waals surface area contributed by atoms with Crippen LogP contribution in [-0.2, 0) is 19.3 Å². The summed E-state index contributed by atoms with van der Waals surface area (Å²) in [5.41, 5.74) is -0.875. The first-order valence-electron chi connectivity index (χ1n) is 9.68. The molecule has 12 heteroatoms. The van der Waals surface area contributed by atoms with Crippen molar-refractivity contribution in [3.63, 3.8) is 0 Å². The van der Waals surface area contributed by atoms with Gasteiger partial charge in [-0.1, -0.05) is 16.8 Å². The van der Waals surface area contributed by atoms with Crippen molar-refractivity contribution in [3.8, 4) is 5.75 Å². The number of nitrogens with zero attached hydrogens (tertiary/aromatic N) is 5. The fourth-order valence-corrected chi connectivity index (χ4v) is 3.51. The number of anilines is 1. The van der Waals surface area contributed by atoms with Gasteiger partial charge in [0.05, 0.1) is 17.1 Å². The lowest BCUT2D eigenvalue weighted by atomic mass is 10.2. The Morgan fingerprint density at radius 3 is 2.47 bits per heavy atom. The quantitative estimate of drug-likeness (QED) is 0.500. The molecular formula is C20H18ClF4N5O2. The Morgan fingerprint density at radius 1 is 1.09 bits per heavy atom. The molecule has 1 fully saturated rings. The second kappa shape index (κ2) is 9.29. The highest BCUT2D eigenvalue weighted by Gasteiger charge is 2.32. The zero-order valence-corrected chi connectivity index (χ0v) is 17.4. The molecule has 0 amide bonds. The minimum Gasteiger partial charge on any atom is -0.485 e. The Bertz CT molecular complexity index is 1050. The lowest BCUT2D eigenvalue weighted by Gasteiger charge is -2.35. The van der Waals surface area contributed by atoms with Crippen molar-refractivity contribution in [2.45, 2.75) is 19.3 Å². The molecule has 0 aliphatic carbocycles. The summed E-state index contributed by atoms with van der Waals surface area (Å²) in [6, 6.07) is 6.50. The Kier molecular flexibility index (Phi) is 6.47. The lowest BCUT2D eigenvalue weighted by molar-refractivity contribution is -0.137. The predicted octanol–water partition coefficient (Wildman–Crippen LogP) is 4.18. The predicted molar refractivity (Wildman–Crippen MR) is 107 cm³/mol. The number of benzene rings is 1. The van der Waals surface area contributed by atoms with Crippen LogP contribution in [-0.4, -0.2) is 46.2 Å². The van der Waals surface area contributed by atoms with E-state index in [1.807, 2.05) is 4.90 Å². The van der Waals surface area contributed by atoms with Gasteiger partial charge in [-0.3, -0.25) is 4.90 Å². The van der Waals surface area contributed by atoms with Crippen LogP contribution in [0.4, 0.5) is 23.4 Å². The summed E-state index contributed by atoms with van der Waals surface area (Å²) in [7, 11) is 0. The fourth-order valence-electron chi connectivity index (χ4n) is 3.22. The number of rotatable bonds is 6. The molecule has 3 heterocycles. The molecule has 0 radical (unpaired) electrons. The summed E-state index contributed by atoms with van der Waals surface area (Å²) in [6.45, 7) is 2.80. The van der Waals surface area contributed by atoms with Crippen molar-refractivity contribution in [1.82, 2.24) is 20.0 Å². The molecule has 1 aliphatic rings. The Balaban J connectivity index is 1.28. The molecule has 0 bridgehead atoms. The summed E-state index contributed by atoms with van der Waals surface area (Å²) in [5.74, 6) is 1.25. The second-order valence-corrected chi connectivity index (χ2v) is 7.54. The smallest absolute Gasteiger partial charge is 0.417 e. The molecule has 32 heavy (non-hydrogen) atoms.